The van der Waals surface area contributed by atoms with E-state index in [0.717, 1.165) is 29.9 Å². The number of carbonyl (C=O) groups is 1. The van der Waals surface area contributed by atoms with Gasteiger partial charge in [-0.2, -0.15) is 4.98 Å². The molecular weight excluding hydrogens is 402 g/mol. The van der Waals surface area contributed by atoms with Crippen LogP contribution in [0.1, 0.15) is 23.2 Å². The molecule has 156 valence electrons. The van der Waals surface area contributed by atoms with Crippen LogP contribution in [0.3, 0.4) is 0 Å². The lowest BCUT2D eigenvalue weighted by atomic mass is 10.1. The first kappa shape index (κ1) is 20.2. The normalized spacial score (nSPS) is 15.4. The quantitative estimate of drug-likeness (QED) is 0.626. The van der Waals surface area contributed by atoms with E-state index in [2.05, 4.69) is 10.3 Å². The number of nitrogens with zero attached hydrogens (tertiary/aromatic N) is 2. The summed E-state index contributed by atoms with van der Waals surface area (Å²) in [5, 5.41) is 4.91. The average Bonchev–Trinajstić information content (AvgIpc) is 3.49. The zero-order chi connectivity index (χ0) is 21.3. The summed E-state index contributed by atoms with van der Waals surface area (Å²) in [5.74, 6) is 0.658. The standard InChI is InChI=1S/C22H23N3O4S/c1-25-12-10-16-14-18(22(24-20(16)25)29-17-6-4-3-5-7-17)21(26)23-19(15-8-9-15)11-13-30(2,27)28/h3-7,10-15,19H,8-9H2,1-2H3,(H,23,26)/b13-11+. The van der Waals surface area contributed by atoms with Gasteiger partial charge < -0.3 is 14.6 Å². The molecule has 1 aromatic carbocycles. The van der Waals surface area contributed by atoms with E-state index >= 15 is 0 Å². The number of carbonyl (C=O) groups excluding carboxylic acids is 1. The predicted octanol–water partition coefficient (Wildman–Crippen LogP) is 3.43. The summed E-state index contributed by atoms with van der Waals surface area (Å²) >= 11 is 0. The number of aryl methyl sites for hydroxylation is 1. The number of para-hydroxylation sites is 1. The van der Waals surface area contributed by atoms with Gasteiger partial charge in [-0.05, 0) is 43.0 Å². The summed E-state index contributed by atoms with van der Waals surface area (Å²) in [4.78, 5) is 17.7. The SMILES string of the molecule is Cn1ccc2cc(C(=O)NC(/C=C/S(C)(=O)=O)C3CC3)c(Oc3ccccc3)nc21. The first-order chi connectivity index (χ1) is 14.3. The number of sulfone groups is 1. The van der Waals surface area contributed by atoms with Crippen molar-refractivity contribution in [2.75, 3.05) is 6.26 Å². The first-order valence-corrected chi connectivity index (χ1v) is 11.6. The minimum atomic E-state index is -3.27. The van der Waals surface area contributed by atoms with Gasteiger partial charge in [0.25, 0.3) is 5.91 Å². The molecule has 1 N–H and O–H groups in total. The number of pyridine rings is 1. The minimum absolute atomic E-state index is 0.203. The van der Waals surface area contributed by atoms with Gasteiger partial charge in [0, 0.05) is 30.3 Å². The van der Waals surface area contributed by atoms with E-state index in [1.165, 1.54) is 0 Å². The maximum absolute atomic E-state index is 13.2. The minimum Gasteiger partial charge on any atom is -0.438 e. The maximum Gasteiger partial charge on any atom is 0.257 e. The molecule has 7 nitrogen and oxygen atoms in total. The molecule has 2 aromatic heterocycles. The van der Waals surface area contributed by atoms with Gasteiger partial charge in [-0.1, -0.05) is 24.3 Å². The molecule has 1 atom stereocenters. The predicted molar refractivity (Wildman–Crippen MR) is 115 cm³/mol. The van der Waals surface area contributed by atoms with Crippen molar-refractivity contribution >= 4 is 26.8 Å². The Labute approximate surface area is 175 Å². The van der Waals surface area contributed by atoms with Crippen molar-refractivity contribution < 1.29 is 17.9 Å². The van der Waals surface area contributed by atoms with Crippen LogP contribution in [0.4, 0.5) is 0 Å². The fraction of sp³-hybridized carbons (Fsp3) is 0.273. The number of amides is 1. The number of benzene rings is 1. The largest absolute Gasteiger partial charge is 0.438 e. The molecule has 0 spiro atoms. The third-order valence-electron chi connectivity index (χ3n) is 4.97. The number of nitrogens with one attached hydrogen (secondary N) is 1. The fourth-order valence-electron chi connectivity index (χ4n) is 3.25. The lowest BCUT2D eigenvalue weighted by molar-refractivity contribution is 0.0938. The molecule has 4 rings (SSSR count). The highest BCUT2D eigenvalue weighted by Crippen LogP contribution is 2.34. The summed E-state index contributed by atoms with van der Waals surface area (Å²) in [6.45, 7) is 0. The molecule has 0 bridgehead atoms. The van der Waals surface area contributed by atoms with Crippen molar-refractivity contribution in [3.63, 3.8) is 0 Å². The van der Waals surface area contributed by atoms with Crippen LogP contribution in [0, 0.1) is 5.92 Å². The Morgan fingerprint density at radius 1 is 1.27 bits per heavy atom. The third-order valence-corrected chi connectivity index (χ3v) is 5.62. The van der Waals surface area contributed by atoms with Crippen molar-refractivity contribution in [1.29, 1.82) is 0 Å². The van der Waals surface area contributed by atoms with Crippen molar-refractivity contribution in [3.05, 3.63) is 65.7 Å². The second kappa shape index (κ2) is 7.95. The van der Waals surface area contributed by atoms with Gasteiger partial charge in [-0.3, -0.25) is 4.79 Å². The monoisotopic (exact) mass is 425 g/mol. The van der Waals surface area contributed by atoms with E-state index in [9.17, 15) is 13.2 Å². The van der Waals surface area contributed by atoms with Crippen LogP contribution < -0.4 is 10.1 Å². The smallest absolute Gasteiger partial charge is 0.257 e. The van der Waals surface area contributed by atoms with Crippen molar-refractivity contribution in [3.8, 4) is 11.6 Å². The Hall–Kier alpha value is -3.13. The summed E-state index contributed by atoms with van der Waals surface area (Å²) in [6.07, 6.45) is 6.45. The van der Waals surface area contributed by atoms with Crippen LogP contribution >= 0.6 is 0 Å². The Bertz CT molecular complexity index is 1210. The van der Waals surface area contributed by atoms with Gasteiger partial charge >= 0.3 is 0 Å². The molecule has 0 radical (unpaired) electrons. The van der Waals surface area contributed by atoms with E-state index in [4.69, 9.17) is 4.74 Å². The maximum atomic E-state index is 13.2. The van der Waals surface area contributed by atoms with Crippen molar-refractivity contribution in [2.45, 2.75) is 18.9 Å². The highest BCUT2D eigenvalue weighted by atomic mass is 32.2. The molecule has 0 saturated heterocycles. The van der Waals surface area contributed by atoms with E-state index in [1.54, 1.807) is 24.3 Å². The summed E-state index contributed by atoms with van der Waals surface area (Å²) in [5.41, 5.74) is 1.00. The summed E-state index contributed by atoms with van der Waals surface area (Å²) in [6, 6.07) is 12.4. The molecule has 1 unspecified atom stereocenters. The van der Waals surface area contributed by atoms with E-state index in [1.807, 2.05) is 42.1 Å². The van der Waals surface area contributed by atoms with Crippen molar-refractivity contribution in [1.82, 2.24) is 14.9 Å². The van der Waals surface area contributed by atoms with Gasteiger partial charge in [0.05, 0.1) is 6.04 Å². The molecule has 8 heteroatoms. The molecule has 1 saturated carbocycles. The number of rotatable bonds is 7. The molecule has 3 aromatic rings. The van der Waals surface area contributed by atoms with Gasteiger partial charge in [-0.15, -0.1) is 0 Å². The second-order valence-electron chi connectivity index (χ2n) is 7.59. The van der Waals surface area contributed by atoms with Crippen LogP contribution in [0.5, 0.6) is 11.6 Å². The van der Waals surface area contributed by atoms with Crippen LogP contribution in [0.25, 0.3) is 11.0 Å². The van der Waals surface area contributed by atoms with E-state index in [-0.39, 0.29) is 23.7 Å². The highest BCUT2D eigenvalue weighted by molar-refractivity contribution is 7.93. The molecule has 1 amide bonds. The van der Waals surface area contributed by atoms with Gasteiger partial charge in [0.15, 0.2) is 9.84 Å². The molecule has 1 aliphatic rings. The summed E-state index contributed by atoms with van der Waals surface area (Å²) < 4.78 is 30.8. The Balaban J connectivity index is 1.68. The topological polar surface area (TPSA) is 90.3 Å². The first-order valence-electron chi connectivity index (χ1n) is 9.68. The fourth-order valence-corrected chi connectivity index (χ4v) is 3.70. The van der Waals surface area contributed by atoms with Crippen LogP contribution in [0.15, 0.2) is 60.1 Å². The van der Waals surface area contributed by atoms with E-state index in [0.29, 0.717) is 17.0 Å². The molecule has 30 heavy (non-hydrogen) atoms. The number of ether oxygens (including phenoxy) is 1. The molecule has 1 fully saturated rings. The van der Waals surface area contributed by atoms with E-state index < -0.39 is 9.84 Å². The second-order valence-corrected chi connectivity index (χ2v) is 9.52. The number of fused-ring (bicyclic) bond motifs is 1. The van der Waals surface area contributed by atoms with Crippen LogP contribution in [0.2, 0.25) is 0 Å². The zero-order valence-corrected chi connectivity index (χ0v) is 17.6. The molecule has 2 heterocycles. The Morgan fingerprint density at radius 2 is 2.00 bits per heavy atom. The Morgan fingerprint density at radius 3 is 2.67 bits per heavy atom. The number of aromatic nitrogens is 2. The van der Waals surface area contributed by atoms with Gasteiger partial charge in [0.2, 0.25) is 5.88 Å². The van der Waals surface area contributed by atoms with Gasteiger partial charge in [0.1, 0.15) is 17.0 Å². The molecule has 0 aliphatic heterocycles. The summed E-state index contributed by atoms with van der Waals surface area (Å²) in [7, 11) is -1.40. The molecular formula is C22H23N3O4S. The third kappa shape index (κ3) is 4.71. The Kier molecular flexibility index (Phi) is 5.34. The lowest BCUT2D eigenvalue weighted by Crippen LogP contribution is -2.35. The average molecular weight is 426 g/mol. The van der Waals surface area contributed by atoms with Gasteiger partial charge in [-0.25, -0.2) is 8.42 Å². The highest BCUT2D eigenvalue weighted by Gasteiger charge is 2.32. The zero-order valence-electron chi connectivity index (χ0n) is 16.8. The lowest BCUT2D eigenvalue weighted by Gasteiger charge is -2.16. The number of hydrogen-bond acceptors (Lipinski definition) is 5. The van der Waals surface area contributed by atoms with Crippen LogP contribution in [-0.2, 0) is 16.9 Å². The van der Waals surface area contributed by atoms with Crippen LogP contribution in [-0.4, -0.2) is 36.2 Å². The molecule has 1 aliphatic carbocycles. The van der Waals surface area contributed by atoms with Crippen molar-refractivity contribution in [2.24, 2.45) is 13.0 Å². The number of hydrogen-bond donors (Lipinski definition) is 1.